The minimum atomic E-state index is 0.534. The summed E-state index contributed by atoms with van der Waals surface area (Å²) in [6.45, 7) is 8.73. The summed E-state index contributed by atoms with van der Waals surface area (Å²) in [6.07, 6.45) is 6.24. The van der Waals surface area contributed by atoms with Crippen molar-refractivity contribution in [1.82, 2.24) is 0 Å². The molecule has 0 saturated heterocycles. The third-order valence-corrected chi connectivity index (χ3v) is 8.72. The summed E-state index contributed by atoms with van der Waals surface area (Å²) in [5, 5.41) is 0. The molecule has 5 aromatic rings. The van der Waals surface area contributed by atoms with Gasteiger partial charge in [0.15, 0.2) is 5.84 Å². The van der Waals surface area contributed by atoms with Crippen LogP contribution in [0.4, 0.5) is 17.1 Å². The number of benzene rings is 5. The maximum absolute atomic E-state index is 4.95. The second-order valence-corrected chi connectivity index (χ2v) is 11.3. The Balaban J connectivity index is 1.56. The fourth-order valence-electron chi connectivity index (χ4n) is 6.55. The van der Waals surface area contributed by atoms with Crippen LogP contribution in [0.5, 0.6) is 0 Å². The summed E-state index contributed by atoms with van der Waals surface area (Å²) < 4.78 is 0. The number of para-hydroxylation sites is 1. The van der Waals surface area contributed by atoms with Gasteiger partial charge in [0.05, 0.1) is 6.54 Å². The van der Waals surface area contributed by atoms with E-state index in [1.165, 1.54) is 39.0 Å². The van der Waals surface area contributed by atoms with Crippen LogP contribution >= 0.6 is 0 Å². The summed E-state index contributed by atoms with van der Waals surface area (Å²) in [5.74, 6) is 0.658. The van der Waals surface area contributed by atoms with Crippen molar-refractivity contribution < 1.29 is 0 Å². The number of amidine groups is 1. The molecule has 7 rings (SSSR count). The average Bonchev–Trinajstić information content (AvgIpc) is 3.45. The monoisotopic (exact) mass is 569 g/mol. The Labute approximate surface area is 260 Å². The molecule has 1 aliphatic heterocycles. The lowest BCUT2D eigenvalue weighted by atomic mass is 9.92. The molecule has 214 valence electrons. The molecule has 2 aliphatic rings. The number of anilines is 3. The van der Waals surface area contributed by atoms with Gasteiger partial charge in [-0.05, 0) is 119 Å². The first-order valence-electron chi connectivity index (χ1n) is 15.4. The summed E-state index contributed by atoms with van der Waals surface area (Å²) >= 11 is 0. The number of aliphatic imine (C=N–C) groups is 2. The topological polar surface area (TPSA) is 28.0 Å². The number of allylic oxidation sites excluding steroid dienone is 2. The first-order chi connectivity index (χ1) is 21.7. The maximum Gasteiger partial charge on any atom is 0.154 e. The van der Waals surface area contributed by atoms with Crippen LogP contribution in [-0.4, -0.2) is 19.1 Å². The highest BCUT2D eigenvalue weighted by molar-refractivity contribution is 6.03. The van der Waals surface area contributed by atoms with Gasteiger partial charge >= 0.3 is 0 Å². The molecule has 3 nitrogen and oxygen atoms in total. The SMILES string of the molecule is C=N/C1=N\CC(=C/C)/C=C(\CC)c2cccc(c2)N(c2ccccc2)c2cc3c(c(c2)-c2cccc1c2)-c1ccccc1C3. The van der Waals surface area contributed by atoms with Crippen LogP contribution in [-0.2, 0) is 6.42 Å². The fourth-order valence-corrected chi connectivity index (χ4v) is 6.55. The van der Waals surface area contributed by atoms with Crippen LogP contribution in [0.3, 0.4) is 0 Å². The molecule has 0 fully saturated rings. The van der Waals surface area contributed by atoms with E-state index in [1.54, 1.807) is 0 Å². The van der Waals surface area contributed by atoms with E-state index in [2.05, 4.69) is 158 Å². The van der Waals surface area contributed by atoms with Crippen molar-refractivity contribution in [2.45, 2.75) is 26.7 Å². The van der Waals surface area contributed by atoms with Crippen LogP contribution in [0, 0.1) is 0 Å². The molecule has 0 amide bonds. The van der Waals surface area contributed by atoms with E-state index in [4.69, 9.17) is 4.99 Å². The molecule has 44 heavy (non-hydrogen) atoms. The minimum Gasteiger partial charge on any atom is -0.310 e. The number of nitrogens with zero attached hydrogens (tertiary/aromatic N) is 3. The molecule has 0 radical (unpaired) electrons. The van der Waals surface area contributed by atoms with Gasteiger partial charge in [-0.2, -0.15) is 0 Å². The zero-order chi connectivity index (χ0) is 30.0. The number of fused-ring (bicyclic) bond motifs is 11. The standard InChI is InChI=1S/C41H35N3/c1-4-28-21-29(5-2)30-14-12-19-36(24-30)44(35-17-7-6-8-18-35)37-25-34-23-31-13-9-10-20-38(31)40(34)39(26-37)32-15-11-16-33(22-32)41(42-3)43-27-28/h4,6-22,24-26H,3,5,23,27H2,1-2H3/b28-4+,29-21+,43-41-. The fraction of sp³-hybridized carbons (Fsp3) is 0.122. The Morgan fingerprint density at radius 3 is 2.30 bits per heavy atom. The lowest BCUT2D eigenvalue weighted by Gasteiger charge is -2.28. The molecule has 0 spiro atoms. The van der Waals surface area contributed by atoms with Gasteiger partial charge in [0.25, 0.3) is 0 Å². The summed E-state index contributed by atoms with van der Waals surface area (Å²) in [4.78, 5) is 11.7. The Morgan fingerprint density at radius 1 is 0.727 bits per heavy atom. The van der Waals surface area contributed by atoms with E-state index < -0.39 is 0 Å². The van der Waals surface area contributed by atoms with Gasteiger partial charge in [0.1, 0.15) is 0 Å². The maximum atomic E-state index is 4.95. The normalized spacial score (nSPS) is 17.2. The summed E-state index contributed by atoms with van der Waals surface area (Å²) in [5.41, 5.74) is 15.7. The van der Waals surface area contributed by atoms with Crippen molar-refractivity contribution in [2.24, 2.45) is 9.98 Å². The predicted molar refractivity (Wildman–Crippen MR) is 188 cm³/mol. The zero-order valence-electron chi connectivity index (χ0n) is 25.3. The second kappa shape index (κ2) is 11.8. The number of hydrogen-bond acceptors (Lipinski definition) is 3. The summed E-state index contributed by atoms with van der Waals surface area (Å²) in [7, 11) is 0. The van der Waals surface area contributed by atoms with Gasteiger partial charge in [-0.25, -0.2) is 4.99 Å². The Bertz CT molecular complexity index is 1980. The second-order valence-electron chi connectivity index (χ2n) is 11.3. The van der Waals surface area contributed by atoms with Gasteiger partial charge in [0.2, 0.25) is 0 Å². The van der Waals surface area contributed by atoms with Crippen LogP contribution in [0.15, 0.2) is 143 Å². The third-order valence-electron chi connectivity index (χ3n) is 8.72. The molecular weight excluding hydrogens is 534 g/mol. The Kier molecular flexibility index (Phi) is 7.37. The van der Waals surface area contributed by atoms with Crippen molar-refractivity contribution in [3.05, 3.63) is 155 Å². The van der Waals surface area contributed by atoms with Crippen molar-refractivity contribution >= 4 is 35.2 Å². The smallest absolute Gasteiger partial charge is 0.154 e. The van der Waals surface area contributed by atoms with E-state index in [0.717, 1.165) is 46.6 Å². The van der Waals surface area contributed by atoms with Crippen molar-refractivity contribution in [3.8, 4) is 22.3 Å². The molecule has 6 bridgehead atoms. The Morgan fingerprint density at radius 2 is 1.48 bits per heavy atom. The van der Waals surface area contributed by atoms with Gasteiger partial charge in [-0.3, -0.25) is 4.99 Å². The first kappa shape index (κ1) is 27.5. The lowest BCUT2D eigenvalue weighted by Crippen LogP contribution is -2.11. The number of rotatable bonds is 2. The molecule has 0 unspecified atom stereocenters. The molecule has 0 aromatic heterocycles. The zero-order valence-corrected chi connectivity index (χ0v) is 25.3. The van der Waals surface area contributed by atoms with E-state index in [0.29, 0.717) is 12.4 Å². The lowest BCUT2D eigenvalue weighted by molar-refractivity contribution is 1.15. The van der Waals surface area contributed by atoms with Crippen LogP contribution in [0.2, 0.25) is 0 Å². The molecule has 3 heteroatoms. The van der Waals surface area contributed by atoms with Gasteiger partial charge in [0, 0.05) is 22.6 Å². The van der Waals surface area contributed by atoms with E-state index >= 15 is 0 Å². The minimum absolute atomic E-state index is 0.534. The number of hydrogen-bond donors (Lipinski definition) is 0. The average molecular weight is 570 g/mol. The quantitative estimate of drug-likeness (QED) is 0.191. The molecule has 5 aromatic carbocycles. The van der Waals surface area contributed by atoms with Gasteiger partial charge in [-0.15, -0.1) is 0 Å². The highest BCUT2D eigenvalue weighted by atomic mass is 15.1. The highest BCUT2D eigenvalue weighted by Crippen LogP contribution is 2.47. The van der Waals surface area contributed by atoms with E-state index in [9.17, 15) is 0 Å². The highest BCUT2D eigenvalue weighted by Gasteiger charge is 2.25. The van der Waals surface area contributed by atoms with Gasteiger partial charge < -0.3 is 4.90 Å². The van der Waals surface area contributed by atoms with Gasteiger partial charge in [-0.1, -0.05) is 91.9 Å². The van der Waals surface area contributed by atoms with E-state index in [-0.39, 0.29) is 0 Å². The molecule has 0 N–H and O–H groups in total. The molecule has 0 saturated carbocycles. The predicted octanol–water partition coefficient (Wildman–Crippen LogP) is 10.6. The Hall–Kier alpha value is -5.28. The van der Waals surface area contributed by atoms with Crippen molar-refractivity contribution in [3.63, 3.8) is 0 Å². The largest absolute Gasteiger partial charge is 0.310 e. The third kappa shape index (κ3) is 5.01. The molecule has 0 atom stereocenters. The van der Waals surface area contributed by atoms with E-state index in [1.807, 2.05) is 0 Å². The van der Waals surface area contributed by atoms with Crippen LogP contribution in [0.1, 0.15) is 42.5 Å². The van der Waals surface area contributed by atoms with Crippen LogP contribution < -0.4 is 4.90 Å². The first-order valence-corrected chi connectivity index (χ1v) is 15.4. The molecule has 1 heterocycles. The van der Waals surface area contributed by atoms with Crippen LogP contribution in [0.25, 0.3) is 27.8 Å². The molecular formula is C41H35N3. The molecule has 1 aliphatic carbocycles. The summed E-state index contributed by atoms with van der Waals surface area (Å²) in [6, 6.07) is 41.8. The van der Waals surface area contributed by atoms with Crippen molar-refractivity contribution in [1.29, 1.82) is 0 Å². The van der Waals surface area contributed by atoms with Crippen molar-refractivity contribution in [2.75, 3.05) is 11.4 Å².